The van der Waals surface area contributed by atoms with Crippen molar-refractivity contribution in [3.63, 3.8) is 0 Å². The molecule has 6 nitrogen and oxygen atoms in total. The van der Waals surface area contributed by atoms with Gasteiger partial charge in [-0.3, -0.25) is 0 Å². The number of rotatable bonds is 11. The van der Waals surface area contributed by atoms with Crippen LogP contribution in [0.2, 0.25) is 0 Å². The molecule has 2 aromatic rings. The fourth-order valence-electron chi connectivity index (χ4n) is 4.23. The third-order valence-corrected chi connectivity index (χ3v) is 7.22. The molecule has 2 aromatic carbocycles. The lowest BCUT2D eigenvalue weighted by molar-refractivity contribution is -0.101. The van der Waals surface area contributed by atoms with Crippen molar-refractivity contribution in [3.05, 3.63) is 83.8 Å². The normalized spacial score (nSPS) is 27.3. The molecule has 2 saturated heterocycles. The topological polar surface area (TPSA) is 71.1 Å². The second-order valence-electron chi connectivity index (χ2n) is 8.26. The summed E-state index contributed by atoms with van der Waals surface area (Å²) in [4.78, 5) is 0. The Balaban J connectivity index is 1.36. The largest absolute Gasteiger partial charge is 0.374 e. The number of ether oxygens (including phenoxy) is 4. The molecular weight excluding hydrogens is 428 g/mol. The molecule has 2 aliphatic heterocycles. The van der Waals surface area contributed by atoms with Crippen LogP contribution in [-0.4, -0.2) is 51.3 Å². The Morgan fingerprint density at radius 1 is 0.969 bits per heavy atom. The monoisotopic (exact) mass is 458 g/mol. The average Bonchev–Trinajstić information content (AvgIpc) is 3.35. The molecule has 2 fully saturated rings. The number of sulfone groups is 1. The van der Waals surface area contributed by atoms with Gasteiger partial charge in [0.1, 0.15) is 18.3 Å². The molecule has 172 valence electrons. The van der Waals surface area contributed by atoms with Crippen molar-refractivity contribution in [2.75, 3.05) is 12.4 Å². The van der Waals surface area contributed by atoms with Crippen LogP contribution in [0, 0.1) is 0 Å². The smallest absolute Gasteiger partial charge is 0.171 e. The SMILES string of the molecule is C=CS(=O)(=O)CC[C@H]1C[C@@H]2O[C@H](COCc3ccccc3)[C@@H](OCc3ccccc3)[C@@H]2O1. The third-order valence-electron chi connectivity index (χ3n) is 5.91. The highest BCUT2D eigenvalue weighted by molar-refractivity contribution is 7.94. The van der Waals surface area contributed by atoms with Gasteiger partial charge in [-0.05, 0) is 17.5 Å². The quantitative estimate of drug-likeness (QED) is 0.512. The van der Waals surface area contributed by atoms with Crippen LogP contribution >= 0.6 is 0 Å². The molecule has 0 saturated carbocycles. The van der Waals surface area contributed by atoms with Gasteiger partial charge in [-0.25, -0.2) is 8.42 Å². The summed E-state index contributed by atoms with van der Waals surface area (Å²) in [5, 5.41) is 1.01. The molecule has 0 amide bonds. The van der Waals surface area contributed by atoms with Gasteiger partial charge < -0.3 is 18.9 Å². The van der Waals surface area contributed by atoms with Crippen LogP contribution in [0.15, 0.2) is 72.7 Å². The van der Waals surface area contributed by atoms with Crippen molar-refractivity contribution in [1.29, 1.82) is 0 Å². The van der Waals surface area contributed by atoms with E-state index in [4.69, 9.17) is 18.9 Å². The van der Waals surface area contributed by atoms with Crippen LogP contribution in [-0.2, 0) is 42.0 Å². The Morgan fingerprint density at radius 3 is 2.28 bits per heavy atom. The number of fused-ring (bicyclic) bond motifs is 1. The Labute approximate surface area is 190 Å². The highest BCUT2D eigenvalue weighted by Crippen LogP contribution is 2.37. The number of hydrogen-bond donors (Lipinski definition) is 0. The molecule has 0 bridgehead atoms. The molecule has 2 aliphatic rings. The molecule has 4 rings (SSSR count). The van der Waals surface area contributed by atoms with Gasteiger partial charge in [0.2, 0.25) is 0 Å². The lowest BCUT2D eigenvalue weighted by atomic mass is 10.1. The first-order valence-corrected chi connectivity index (χ1v) is 12.7. The zero-order chi connectivity index (χ0) is 22.4. The highest BCUT2D eigenvalue weighted by Gasteiger charge is 2.51. The van der Waals surface area contributed by atoms with Crippen molar-refractivity contribution in [2.24, 2.45) is 0 Å². The van der Waals surface area contributed by atoms with Gasteiger partial charge in [-0.15, -0.1) is 0 Å². The van der Waals surface area contributed by atoms with Crippen LogP contribution in [0.4, 0.5) is 0 Å². The molecule has 0 radical (unpaired) electrons. The molecule has 5 atom stereocenters. The van der Waals surface area contributed by atoms with E-state index in [9.17, 15) is 8.42 Å². The first kappa shape index (κ1) is 23.1. The van der Waals surface area contributed by atoms with Crippen molar-refractivity contribution < 1.29 is 27.4 Å². The zero-order valence-corrected chi connectivity index (χ0v) is 18.9. The average molecular weight is 459 g/mol. The summed E-state index contributed by atoms with van der Waals surface area (Å²) in [6.07, 6.45) is 0.0160. The van der Waals surface area contributed by atoms with E-state index in [-0.39, 0.29) is 36.3 Å². The highest BCUT2D eigenvalue weighted by atomic mass is 32.2. The maximum Gasteiger partial charge on any atom is 0.171 e. The Hall–Kier alpha value is -2.03. The Kier molecular flexibility index (Phi) is 7.75. The predicted molar refractivity (Wildman–Crippen MR) is 122 cm³/mol. The van der Waals surface area contributed by atoms with Gasteiger partial charge in [0, 0.05) is 11.8 Å². The zero-order valence-electron chi connectivity index (χ0n) is 18.0. The van der Waals surface area contributed by atoms with Crippen LogP contribution in [0.5, 0.6) is 0 Å². The van der Waals surface area contributed by atoms with Crippen LogP contribution in [0.1, 0.15) is 24.0 Å². The molecule has 0 N–H and O–H groups in total. The van der Waals surface area contributed by atoms with Gasteiger partial charge >= 0.3 is 0 Å². The molecule has 0 aliphatic carbocycles. The minimum absolute atomic E-state index is 0.0275. The summed E-state index contributed by atoms with van der Waals surface area (Å²) in [7, 11) is -3.25. The van der Waals surface area contributed by atoms with Gasteiger partial charge in [0.25, 0.3) is 0 Å². The Bertz CT molecular complexity index is 962. The van der Waals surface area contributed by atoms with E-state index >= 15 is 0 Å². The third kappa shape index (κ3) is 6.05. The lowest BCUT2D eigenvalue weighted by Gasteiger charge is -2.24. The minimum atomic E-state index is -3.25. The maximum atomic E-state index is 11.8. The Morgan fingerprint density at radius 2 is 1.62 bits per heavy atom. The first-order chi connectivity index (χ1) is 15.5. The lowest BCUT2D eigenvalue weighted by Crippen LogP contribution is -2.37. The van der Waals surface area contributed by atoms with Gasteiger partial charge in [-0.2, -0.15) is 0 Å². The molecule has 0 unspecified atom stereocenters. The maximum absolute atomic E-state index is 11.8. The van der Waals surface area contributed by atoms with E-state index in [0.717, 1.165) is 16.5 Å². The van der Waals surface area contributed by atoms with E-state index in [0.29, 0.717) is 32.7 Å². The number of hydrogen-bond acceptors (Lipinski definition) is 6. The summed E-state index contributed by atoms with van der Waals surface area (Å²) < 4.78 is 48.2. The van der Waals surface area contributed by atoms with E-state index in [1.165, 1.54) is 0 Å². The second-order valence-corrected chi connectivity index (χ2v) is 10.3. The summed E-state index contributed by atoms with van der Waals surface area (Å²) >= 11 is 0. The van der Waals surface area contributed by atoms with Crippen LogP contribution < -0.4 is 0 Å². The van der Waals surface area contributed by atoms with Crippen molar-refractivity contribution in [3.8, 4) is 0 Å². The van der Waals surface area contributed by atoms with E-state index < -0.39 is 9.84 Å². The van der Waals surface area contributed by atoms with Crippen molar-refractivity contribution >= 4 is 9.84 Å². The predicted octanol–water partition coefficient (Wildman–Crippen LogP) is 3.66. The fraction of sp³-hybridized carbons (Fsp3) is 0.440. The molecule has 2 heterocycles. The van der Waals surface area contributed by atoms with Crippen molar-refractivity contribution in [2.45, 2.75) is 56.6 Å². The van der Waals surface area contributed by atoms with E-state index in [1.54, 1.807) is 0 Å². The van der Waals surface area contributed by atoms with Crippen molar-refractivity contribution in [1.82, 2.24) is 0 Å². The molecular formula is C25H30O6S. The summed E-state index contributed by atoms with van der Waals surface area (Å²) in [5.74, 6) is 0.0275. The molecule has 0 aromatic heterocycles. The molecule has 32 heavy (non-hydrogen) atoms. The summed E-state index contributed by atoms with van der Waals surface area (Å²) in [5.41, 5.74) is 2.18. The standard InChI is InChI=1S/C25H30O6S/c1-2-32(26,27)14-13-21-15-22-25(30-21)24(29-17-20-11-7-4-8-12-20)23(31-22)18-28-16-19-9-5-3-6-10-19/h2-12,21-25H,1,13-18H2/t21-,22-,23+,24+,25+/m0/s1. The fourth-order valence-corrected chi connectivity index (χ4v) is 4.99. The first-order valence-electron chi connectivity index (χ1n) is 11.0. The van der Waals surface area contributed by atoms with E-state index in [2.05, 4.69) is 6.58 Å². The van der Waals surface area contributed by atoms with E-state index in [1.807, 2.05) is 60.7 Å². The van der Waals surface area contributed by atoms with Crippen LogP contribution in [0.25, 0.3) is 0 Å². The molecule has 0 spiro atoms. The van der Waals surface area contributed by atoms with Gasteiger partial charge in [0.15, 0.2) is 9.84 Å². The second kappa shape index (κ2) is 10.7. The summed E-state index contributed by atoms with van der Waals surface area (Å²) in [6, 6.07) is 20.0. The molecule has 7 heteroatoms. The van der Waals surface area contributed by atoms with Gasteiger partial charge in [0.05, 0.1) is 37.8 Å². The minimum Gasteiger partial charge on any atom is -0.374 e. The summed E-state index contributed by atoms with van der Waals surface area (Å²) in [6.45, 7) is 4.73. The van der Waals surface area contributed by atoms with Gasteiger partial charge in [-0.1, -0.05) is 67.2 Å². The number of benzene rings is 2. The van der Waals surface area contributed by atoms with Crippen LogP contribution in [0.3, 0.4) is 0 Å².